The van der Waals surface area contributed by atoms with Gasteiger partial charge in [-0.3, -0.25) is 4.79 Å². The van der Waals surface area contributed by atoms with Crippen molar-refractivity contribution in [2.45, 2.75) is 51.0 Å². The molecule has 0 aliphatic heterocycles. The number of nitrogens with one attached hydrogen (secondary N) is 1. The Balaban J connectivity index is 1.78. The van der Waals surface area contributed by atoms with Gasteiger partial charge in [0.2, 0.25) is 0 Å². The molecular formula is C19H24N2O4. The molecule has 1 N–H and O–H groups in total. The third kappa shape index (κ3) is 5.21. The van der Waals surface area contributed by atoms with E-state index in [0.29, 0.717) is 18.6 Å². The van der Waals surface area contributed by atoms with Crippen LogP contribution < -0.4 is 10.1 Å². The molecule has 2 rings (SSSR count). The summed E-state index contributed by atoms with van der Waals surface area (Å²) in [5, 5.41) is 11.9. The first-order chi connectivity index (χ1) is 12.0. The Bertz CT molecular complexity index is 658. The zero-order valence-corrected chi connectivity index (χ0v) is 14.7. The number of para-hydroxylation sites is 1. The van der Waals surface area contributed by atoms with Gasteiger partial charge in [0.1, 0.15) is 11.3 Å². The van der Waals surface area contributed by atoms with Crippen LogP contribution in [0.25, 0.3) is 0 Å². The number of esters is 1. The number of carbonyl (C=O) groups is 2. The molecule has 6 nitrogen and oxygen atoms in total. The van der Waals surface area contributed by atoms with Gasteiger partial charge >= 0.3 is 5.97 Å². The molecule has 1 aromatic carbocycles. The molecule has 0 bridgehead atoms. The maximum absolute atomic E-state index is 11.9. The normalized spacial score (nSPS) is 15.4. The third-order valence-electron chi connectivity index (χ3n) is 4.30. The van der Waals surface area contributed by atoms with Crippen molar-refractivity contribution < 1.29 is 19.1 Å². The first-order valence-electron chi connectivity index (χ1n) is 8.55. The van der Waals surface area contributed by atoms with Crippen LogP contribution in [0.4, 0.5) is 0 Å². The summed E-state index contributed by atoms with van der Waals surface area (Å²) in [6, 6.07) is 9.66. The molecule has 0 atom stereocenters. The number of amides is 1. The van der Waals surface area contributed by atoms with E-state index in [1.54, 1.807) is 6.07 Å². The van der Waals surface area contributed by atoms with Crippen LogP contribution in [0, 0.1) is 11.3 Å². The van der Waals surface area contributed by atoms with Gasteiger partial charge in [-0.2, -0.15) is 5.26 Å². The lowest BCUT2D eigenvalue weighted by Gasteiger charge is -2.21. The number of nitriles is 1. The minimum Gasteiger partial charge on any atom is -0.482 e. The van der Waals surface area contributed by atoms with E-state index in [-0.39, 0.29) is 12.5 Å². The van der Waals surface area contributed by atoms with Crippen LogP contribution in [0.5, 0.6) is 5.75 Å². The fourth-order valence-electron chi connectivity index (χ4n) is 2.96. The quantitative estimate of drug-likeness (QED) is 0.768. The highest BCUT2D eigenvalue weighted by atomic mass is 16.6. The van der Waals surface area contributed by atoms with Crippen molar-refractivity contribution in [2.24, 2.45) is 0 Å². The average Bonchev–Trinajstić information content (AvgIpc) is 3.07. The van der Waals surface area contributed by atoms with Crippen molar-refractivity contribution in [1.82, 2.24) is 5.32 Å². The fourth-order valence-corrected chi connectivity index (χ4v) is 2.96. The molecule has 1 fully saturated rings. The molecule has 1 amide bonds. The minimum absolute atomic E-state index is 0.263. The predicted molar refractivity (Wildman–Crippen MR) is 91.9 cm³/mol. The molecule has 0 aromatic heterocycles. The number of hydrogen-bond donors (Lipinski definition) is 1. The molecule has 0 unspecified atom stereocenters. The predicted octanol–water partition coefficient (Wildman–Crippen LogP) is 2.68. The second-order valence-corrected chi connectivity index (χ2v) is 6.59. The van der Waals surface area contributed by atoms with Gasteiger partial charge in [-0.15, -0.1) is 0 Å². The second kappa shape index (κ2) is 8.52. The number of ether oxygens (including phenoxy) is 2. The summed E-state index contributed by atoms with van der Waals surface area (Å²) in [7, 11) is 0. The molecule has 0 spiro atoms. The summed E-state index contributed by atoms with van der Waals surface area (Å²) in [6.45, 7) is 3.41. The van der Waals surface area contributed by atoms with Gasteiger partial charge in [0.05, 0.1) is 6.07 Å². The Labute approximate surface area is 148 Å². The standard InChI is InChI=1S/C19H24N2O4/c1-14(2)15-7-3-4-8-16(15)24-12-18(23)25-11-17(22)21-19(13-20)9-5-6-10-19/h3-4,7-8,14H,5-6,9-12H2,1-2H3,(H,21,22). The van der Waals surface area contributed by atoms with E-state index in [1.165, 1.54) is 0 Å². The van der Waals surface area contributed by atoms with E-state index in [4.69, 9.17) is 9.47 Å². The highest BCUT2D eigenvalue weighted by Crippen LogP contribution is 2.28. The van der Waals surface area contributed by atoms with E-state index in [9.17, 15) is 14.9 Å². The zero-order chi connectivity index (χ0) is 18.3. The van der Waals surface area contributed by atoms with Gasteiger partial charge in [-0.1, -0.05) is 32.0 Å². The van der Waals surface area contributed by atoms with Crippen molar-refractivity contribution in [1.29, 1.82) is 5.26 Å². The first-order valence-corrected chi connectivity index (χ1v) is 8.55. The van der Waals surface area contributed by atoms with Crippen molar-refractivity contribution in [3.05, 3.63) is 29.8 Å². The molecule has 134 valence electrons. The molecule has 0 saturated heterocycles. The van der Waals surface area contributed by atoms with E-state index >= 15 is 0 Å². The van der Waals surface area contributed by atoms with Gasteiger partial charge in [0.25, 0.3) is 5.91 Å². The van der Waals surface area contributed by atoms with Crippen LogP contribution in [-0.4, -0.2) is 30.6 Å². The highest BCUT2D eigenvalue weighted by Gasteiger charge is 2.35. The summed E-state index contributed by atoms with van der Waals surface area (Å²) in [6.07, 6.45) is 3.10. The van der Waals surface area contributed by atoms with Gasteiger partial charge in [-0.25, -0.2) is 4.79 Å². The molecular weight excluding hydrogens is 320 g/mol. The second-order valence-electron chi connectivity index (χ2n) is 6.59. The summed E-state index contributed by atoms with van der Waals surface area (Å²) >= 11 is 0. The van der Waals surface area contributed by atoms with E-state index in [2.05, 4.69) is 11.4 Å². The van der Waals surface area contributed by atoms with Crippen molar-refractivity contribution in [2.75, 3.05) is 13.2 Å². The maximum atomic E-state index is 11.9. The Morgan fingerprint density at radius 1 is 1.24 bits per heavy atom. The van der Waals surface area contributed by atoms with Gasteiger partial charge in [0.15, 0.2) is 13.2 Å². The van der Waals surface area contributed by atoms with Gasteiger partial charge in [0, 0.05) is 0 Å². The minimum atomic E-state index is -0.809. The topological polar surface area (TPSA) is 88.4 Å². The van der Waals surface area contributed by atoms with E-state index in [1.807, 2.05) is 32.0 Å². The van der Waals surface area contributed by atoms with Gasteiger partial charge < -0.3 is 14.8 Å². The lowest BCUT2D eigenvalue weighted by Crippen LogP contribution is -2.46. The van der Waals surface area contributed by atoms with Crippen LogP contribution in [0.3, 0.4) is 0 Å². The van der Waals surface area contributed by atoms with E-state index in [0.717, 1.165) is 18.4 Å². The molecule has 0 heterocycles. The molecule has 6 heteroatoms. The molecule has 1 saturated carbocycles. The van der Waals surface area contributed by atoms with Crippen LogP contribution in [0.15, 0.2) is 24.3 Å². The Morgan fingerprint density at radius 3 is 2.56 bits per heavy atom. The number of benzene rings is 1. The van der Waals surface area contributed by atoms with Crippen LogP contribution in [0.2, 0.25) is 0 Å². The van der Waals surface area contributed by atoms with E-state index < -0.39 is 24.0 Å². The molecule has 1 aliphatic rings. The number of nitrogens with zero attached hydrogens (tertiary/aromatic N) is 1. The van der Waals surface area contributed by atoms with Crippen LogP contribution >= 0.6 is 0 Å². The lowest BCUT2D eigenvalue weighted by atomic mass is 10.00. The Morgan fingerprint density at radius 2 is 1.92 bits per heavy atom. The smallest absolute Gasteiger partial charge is 0.344 e. The monoisotopic (exact) mass is 344 g/mol. The SMILES string of the molecule is CC(C)c1ccccc1OCC(=O)OCC(=O)NC1(C#N)CCCC1. The van der Waals surface area contributed by atoms with Crippen LogP contribution in [0.1, 0.15) is 51.0 Å². The first kappa shape index (κ1) is 18.8. The number of rotatable bonds is 7. The highest BCUT2D eigenvalue weighted by molar-refractivity contribution is 5.81. The number of hydrogen-bond acceptors (Lipinski definition) is 5. The van der Waals surface area contributed by atoms with Gasteiger partial charge in [-0.05, 0) is 43.2 Å². The molecule has 1 aliphatic carbocycles. The fraction of sp³-hybridized carbons (Fsp3) is 0.526. The summed E-state index contributed by atoms with van der Waals surface area (Å²) in [5.41, 5.74) is 0.196. The van der Waals surface area contributed by atoms with Crippen molar-refractivity contribution >= 4 is 11.9 Å². The van der Waals surface area contributed by atoms with Crippen molar-refractivity contribution in [3.8, 4) is 11.8 Å². The molecule has 1 aromatic rings. The largest absolute Gasteiger partial charge is 0.482 e. The summed E-state index contributed by atoms with van der Waals surface area (Å²) in [5.74, 6) is -0.176. The van der Waals surface area contributed by atoms with Crippen LogP contribution in [-0.2, 0) is 14.3 Å². The lowest BCUT2D eigenvalue weighted by molar-refractivity contribution is -0.150. The Kier molecular flexibility index (Phi) is 6.40. The number of carbonyl (C=O) groups excluding carboxylic acids is 2. The Hall–Kier alpha value is -2.55. The summed E-state index contributed by atoms with van der Waals surface area (Å²) < 4.78 is 10.4. The average molecular weight is 344 g/mol. The van der Waals surface area contributed by atoms with Crippen molar-refractivity contribution in [3.63, 3.8) is 0 Å². The summed E-state index contributed by atoms with van der Waals surface area (Å²) in [4.78, 5) is 23.7. The third-order valence-corrected chi connectivity index (χ3v) is 4.30. The molecule has 25 heavy (non-hydrogen) atoms. The zero-order valence-electron chi connectivity index (χ0n) is 14.7. The molecule has 0 radical (unpaired) electrons. The maximum Gasteiger partial charge on any atom is 0.344 e.